The summed E-state index contributed by atoms with van der Waals surface area (Å²) in [6.07, 6.45) is 6.35. The number of likely N-dealkylation sites (tertiary alicyclic amines) is 1. The molecule has 0 spiro atoms. The first-order valence-corrected chi connectivity index (χ1v) is 7.59. The van der Waals surface area contributed by atoms with Crippen LogP contribution in [0.25, 0.3) is 0 Å². The Bertz CT molecular complexity index is 241. The van der Waals surface area contributed by atoms with E-state index in [-0.39, 0.29) is 0 Å². The van der Waals surface area contributed by atoms with E-state index in [4.69, 9.17) is 9.47 Å². The van der Waals surface area contributed by atoms with Crippen LogP contribution in [0.5, 0.6) is 0 Å². The lowest BCUT2D eigenvalue weighted by Crippen LogP contribution is -2.45. The Kier molecular flexibility index (Phi) is 5.05. The maximum Gasteiger partial charge on any atom is 0.0628 e. The third-order valence-corrected chi connectivity index (χ3v) is 4.11. The van der Waals surface area contributed by atoms with Gasteiger partial charge >= 0.3 is 0 Å². The molecule has 1 saturated heterocycles. The highest BCUT2D eigenvalue weighted by molar-refractivity contribution is 4.84. The Labute approximate surface area is 112 Å². The van der Waals surface area contributed by atoms with E-state index in [2.05, 4.69) is 32.6 Å². The zero-order chi connectivity index (χ0) is 13.1. The average molecular weight is 255 g/mol. The molecule has 0 unspecified atom stereocenters. The van der Waals surface area contributed by atoms with E-state index in [0.29, 0.717) is 30.5 Å². The Morgan fingerprint density at radius 2 is 1.50 bits per heavy atom. The third kappa shape index (κ3) is 3.94. The minimum atomic E-state index is 0.352. The van der Waals surface area contributed by atoms with Crippen molar-refractivity contribution in [3.63, 3.8) is 0 Å². The first-order chi connectivity index (χ1) is 8.54. The van der Waals surface area contributed by atoms with Crippen LogP contribution in [0, 0.1) is 0 Å². The fraction of sp³-hybridized carbons (Fsp3) is 1.00. The summed E-state index contributed by atoms with van der Waals surface area (Å²) in [7, 11) is 0. The van der Waals surface area contributed by atoms with Crippen LogP contribution in [-0.4, -0.2) is 48.4 Å². The molecule has 0 N–H and O–H groups in total. The molecule has 0 aromatic heterocycles. The summed E-state index contributed by atoms with van der Waals surface area (Å²) in [5, 5.41) is 0. The normalized spacial score (nSPS) is 31.0. The van der Waals surface area contributed by atoms with E-state index in [9.17, 15) is 0 Å². The first kappa shape index (κ1) is 14.3. The summed E-state index contributed by atoms with van der Waals surface area (Å²) in [4.78, 5) is 2.55. The zero-order valence-corrected chi connectivity index (χ0v) is 12.4. The van der Waals surface area contributed by atoms with E-state index >= 15 is 0 Å². The quantitative estimate of drug-likeness (QED) is 0.754. The molecule has 2 aliphatic rings. The average Bonchev–Trinajstić information content (AvgIpc) is 2.26. The highest BCUT2D eigenvalue weighted by Gasteiger charge is 2.34. The molecule has 18 heavy (non-hydrogen) atoms. The maximum atomic E-state index is 6.16. The summed E-state index contributed by atoms with van der Waals surface area (Å²) in [6, 6.07) is 0.679. The van der Waals surface area contributed by atoms with Gasteiger partial charge in [0.1, 0.15) is 0 Å². The molecule has 0 aromatic rings. The van der Waals surface area contributed by atoms with E-state index in [1.165, 1.54) is 25.9 Å². The van der Waals surface area contributed by atoms with Crippen LogP contribution in [-0.2, 0) is 9.47 Å². The van der Waals surface area contributed by atoms with Crippen LogP contribution in [0.15, 0.2) is 0 Å². The largest absolute Gasteiger partial charge is 0.375 e. The van der Waals surface area contributed by atoms with Crippen molar-refractivity contribution in [3.05, 3.63) is 0 Å². The van der Waals surface area contributed by atoms with Gasteiger partial charge in [-0.25, -0.2) is 0 Å². The predicted octanol–water partition coefficient (Wildman–Crippen LogP) is 2.83. The van der Waals surface area contributed by atoms with Gasteiger partial charge in [-0.15, -0.1) is 0 Å². The Morgan fingerprint density at radius 3 is 2.00 bits per heavy atom. The number of hydrogen-bond acceptors (Lipinski definition) is 3. The molecule has 1 saturated carbocycles. The van der Waals surface area contributed by atoms with Crippen LogP contribution in [0.4, 0.5) is 0 Å². The van der Waals surface area contributed by atoms with Crippen LogP contribution in [0.2, 0.25) is 0 Å². The van der Waals surface area contributed by atoms with Gasteiger partial charge in [0.2, 0.25) is 0 Å². The van der Waals surface area contributed by atoms with Gasteiger partial charge in [-0.2, -0.15) is 0 Å². The Balaban J connectivity index is 1.59. The fourth-order valence-corrected chi connectivity index (χ4v) is 2.92. The van der Waals surface area contributed by atoms with Crippen molar-refractivity contribution in [1.29, 1.82) is 0 Å². The molecule has 0 atom stereocenters. The Morgan fingerprint density at radius 1 is 0.889 bits per heavy atom. The van der Waals surface area contributed by atoms with Crippen molar-refractivity contribution < 1.29 is 9.47 Å². The van der Waals surface area contributed by atoms with E-state index in [1.807, 2.05) is 0 Å². The molecule has 106 valence electrons. The second-order valence-electron chi connectivity index (χ2n) is 6.37. The van der Waals surface area contributed by atoms with Gasteiger partial charge in [-0.05, 0) is 53.4 Å². The van der Waals surface area contributed by atoms with Crippen LogP contribution < -0.4 is 0 Å². The van der Waals surface area contributed by atoms with Crippen LogP contribution in [0.1, 0.15) is 53.4 Å². The summed E-state index contributed by atoms with van der Waals surface area (Å²) in [5.74, 6) is 0. The van der Waals surface area contributed by atoms with Crippen molar-refractivity contribution in [2.75, 3.05) is 13.1 Å². The lowest BCUT2D eigenvalue weighted by Gasteiger charge is -2.41. The molecule has 3 nitrogen and oxygen atoms in total. The van der Waals surface area contributed by atoms with Gasteiger partial charge in [0, 0.05) is 19.1 Å². The molecule has 2 fully saturated rings. The fourth-order valence-electron chi connectivity index (χ4n) is 2.92. The summed E-state index contributed by atoms with van der Waals surface area (Å²) in [5.41, 5.74) is 0. The van der Waals surface area contributed by atoms with Gasteiger partial charge in [0.25, 0.3) is 0 Å². The molecule has 1 heterocycles. The number of piperidine rings is 1. The summed E-state index contributed by atoms with van der Waals surface area (Å²) >= 11 is 0. The van der Waals surface area contributed by atoms with Crippen molar-refractivity contribution in [1.82, 2.24) is 4.90 Å². The van der Waals surface area contributed by atoms with Gasteiger partial charge in [-0.1, -0.05) is 0 Å². The van der Waals surface area contributed by atoms with Gasteiger partial charge in [0.05, 0.1) is 24.4 Å². The van der Waals surface area contributed by atoms with Crippen molar-refractivity contribution in [2.45, 2.75) is 83.8 Å². The van der Waals surface area contributed by atoms with Crippen molar-refractivity contribution in [3.8, 4) is 0 Å². The van der Waals surface area contributed by atoms with Crippen LogP contribution in [0.3, 0.4) is 0 Å². The maximum absolute atomic E-state index is 6.16. The molecule has 0 radical (unpaired) electrons. The monoisotopic (exact) mass is 255 g/mol. The molecule has 1 aliphatic carbocycles. The molecule has 1 aliphatic heterocycles. The summed E-state index contributed by atoms with van der Waals surface area (Å²) < 4.78 is 11.9. The number of hydrogen-bond donors (Lipinski definition) is 0. The standard InChI is InChI=1S/C15H29NO2/c1-11(2)16-7-5-13(6-8-16)18-15-9-14(10-15)17-12(3)4/h11-15H,5-10H2,1-4H3/t14-,15-. The first-order valence-electron chi connectivity index (χ1n) is 7.59. The second-order valence-corrected chi connectivity index (χ2v) is 6.37. The minimum Gasteiger partial charge on any atom is -0.375 e. The molecular formula is C15H29NO2. The molecule has 0 aromatic carbocycles. The molecular weight excluding hydrogens is 226 g/mol. The molecule has 0 amide bonds. The minimum absolute atomic E-state index is 0.352. The lowest BCUT2D eigenvalue weighted by atomic mass is 9.91. The lowest BCUT2D eigenvalue weighted by molar-refractivity contribution is -0.146. The van der Waals surface area contributed by atoms with Crippen LogP contribution >= 0.6 is 0 Å². The van der Waals surface area contributed by atoms with E-state index in [0.717, 1.165) is 12.8 Å². The summed E-state index contributed by atoms with van der Waals surface area (Å²) in [6.45, 7) is 11.2. The second kappa shape index (κ2) is 6.36. The van der Waals surface area contributed by atoms with E-state index in [1.54, 1.807) is 0 Å². The van der Waals surface area contributed by atoms with Gasteiger partial charge < -0.3 is 14.4 Å². The van der Waals surface area contributed by atoms with Crippen molar-refractivity contribution >= 4 is 0 Å². The number of rotatable bonds is 5. The number of nitrogens with zero attached hydrogens (tertiary/aromatic N) is 1. The number of ether oxygens (including phenoxy) is 2. The SMILES string of the molecule is CC(C)O[C@H]1C[C@H](OC2CCN(C(C)C)CC2)C1. The van der Waals surface area contributed by atoms with Gasteiger partial charge in [-0.3, -0.25) is 0 Å². The molecule has 3 heteroatoms. The van der Waals surface area contributed by atoms with Gasteiger partial charge in [0.15, 0.2) is 0 Å². The van der Waals surface area contributed by atoms with E-state index < -0.39 is 0 Å². The molecule has 0 bridgehead atoms. The Hall–Kier alpha value is -0.120. The third-order valence-electron chi connectivity index (χ3n) is 4.11. The predicted molar refractivity (Wildman–Crippen MR) is 73.8 cm³/mol. The highest BCUT2D eigenvalue weighted by atomic mass is 16.5. The topological polar surface area (TPSA) is 21.7 Å². The zero-order valence-electron chi connectivity index (χ0n) is 12.4. The molecule has 2 rings (SSSR count). The highest BCUT2D eigenvalue weighted by Crippen LogP contribution is 2.30. The smallest absolute Gasteiger partial charge is 0.0628 e. The van der Waals surface area contributed by atoms with Crippen molar-refractivity contribution in [2.24, 2.45) is 0 Å².